The number of anilines is 1. The molecular formula is C16H13N3OS2. The summed E-state index contributed by atoms with van der Waals surface area (Å²) in [5, 5.41) is 3.10. The number of thioether (sulfide) groups is 1. The minimum atomic E-state index is -0.0812. The molecule has 0 atom stereocenters. The first-order chi connectivity index (χ1) is 10.7. The Bertz CT molecular complexity index is 717. The SMILES string of the molecule is O=C1C(=Cc2ccccc2)SC(=S)N1CNc1ccccn1. The number of nitrogens with one attached hydrogen (secondary N) is 1. The quantitative estimate of drug-likeness (QED) is 0.689. The van der Waals surface area contributed by atoms with Crippen molar-refractivity contribution in [3.63, 3.8) is 0 Å². The summed E-state index contributed by atoms with van der Waals surface area (Å²) in [5.74, 6) is 0.630. The number of amides is 1. The number of hydrogen-bond donors (Lipinski definition) is 1. The Morgan fingerprint density at radius 1 is 1.18 bits per heavy atom. The predicted molar refractivity (Wildman–Crippen MR) is 94.2 cm³/mol. The Kier molecular flexibility index (Phi) is 4.50. The van der Waals surface area contributed by atoms with E-state index in [9.17, 15) is 4.79 Å². The second-order valence-electron chi connectivity index (χ2n) is 4.57. The van der Waals surface area contributed by atoms with Gasteiger partial charge < -0.3 is 5.32 Å². The molecule has 22 heavy (non-hydrogen) atoms. The lowest BCUT2D eigenvalue weighted by Gasteiger charge is -2.15. The second kappa shape index (κ2) is 6.72. The van der Waals surface area contributed by atoms with Crippen LogP contribution in [0.15, 0.2) is 59.6 Å². The van der Waals surface area contributed by atoms with Crippen LogP contribution in [0, 0.1) is 0 Å². The van der Waals surface area contributed by atoms with Gasteiger partial charge in [0.05, 0.1) is 11.6 Å². The zero-order valence-corrected chi connectivity index (χ0v) is 13.2. The van der Waals surface area contributed by atoms with Crippen LogP contribution < -0.4 is 5.32 Å². The van der Waals surface area contributed by atoms with Crippen LogP contribution in [0.1, 0.15) is 5.56 Å². The van der Waals surface area contributed by atoms with E-state index in [2.05, 4.69) is 10.3 Å². The van der Waals surface area contributed by atoms with Gasteiger partial charge in [0.2, 0.25) is 0 Å². The van der Waals surface area contributed by atoms with Gasteiger partial charge in [-0.1, -0.05) is 60.4 Å². The van der Waals surface area contributed by atoms with Gasteiger partial charge in [-0.15, -0.1) is 0 Å². The van der Waals surface area contributed by atoms with Crippen LogP contribution in [0.3, 0.4) is 0 Å². The number of benzene rings is 1. The molecule has 1 N–H and O–H groups in total. The number of carbonyl (C=O) groups is 1. The highest BCUT2D eigenvalue weighted by Gasteiger charge is 2.31. The van der Waals surface area contributed by atoms with Gasteiger partial charge in [0.1, 0.15) is 10.1 Å². The van der Waals surface area contributed by atoms with Gasteiger partial charge >= 0.3 is 0 Å². The molecule has 0 unspecified atom stereocenters. The first kappa shape index (κ1) is 14.7. The van der Waals surface area contributed by atoms with Crippen LogP contribution in [-0.2, 0) is 4.79 Å². The highest BCUT2D eigenvalue weighted by molar-refractivity contribution is 8.26. The van der Waals surface area contributed by atoms with E-state index in [1.54, 1.807) is 11.1 Å². The summed E-state index contributed by atoms with van der Waals surface area (Å²) in [5.41, 5.74) is 0.987. The summed E-state index contributed by atoms with van der Waals surface area (Å²) in [7, 11) is 0. The summed E-state index contributed by atoms with van der Waals surface area (Å²) >= 11 is 6.61. The molecule has 1 aromatic carbocycles. The fourth-order valence-electron chi connectivity index (χ4n) is 1.96. The van der Waals surface area contributed by atoms with E-state index < -0.39 is 0 Å². The highest BCUT2D eigenvalue weighted by Crippen LogP contribution is 2.32. The third-order valence-corrected chi connectivity index (χ3v) is 4.43. The van der Waals surface area contributed by atoms with Crippen molar-refractivity contribution in [2.24, 2.45) is 0 Å². The number of rotatable bonds is 4. The normalized spacial score (nSPS) is 16.4. The third kappa shape index (κ3) is 3.35. The Morgan fingerprint density at radius 3 is 2.68 bits per heavy atom. The molecule has 1 fully saturated rings. The second-order valence-corrected chi connectivity index (χ2v) is 6.25. The largest absolute Gasteiger partial charge is 0.352 e. The maximum Gasteiger partial charge on any atom is 0.267 e. The predicted octanol–water partition coefficient (Wildman–Crippen LogP) is 3.35. The molecule has 0 spiro atoms. The van der Waals surface area contributed by atoms with Crippen molar-refractivity contribution < 1.29 is 4.79 Å². The molecule has 0 saturated carbocycles. The van der Waals surface area contributed by atoms with Crippen LogP contribution in [-0.4, -0.2) is 26.8 Å². The molecule has 0 radical (unpaired) electrons. The van der Waals surface area contributed by atoms with E-state index in [-0.39, 0.29) is 5.91 Å². The molecule has 2 heterocycles. The molecule has 0 aliphatic carbocycles. The smallest absolute Gasteiger partial charge is 0.267 e. The Hall–Kier alpha value is -2.18. The zero-order chi connectivity index (χ0) is 15.4. The van der Waals surface area contributed by atoms with Crippen molar-refractivity contribution in [1.29, 1.82) is 0 Å². The monoisotopic (exact) mass is 327 g/mol. The topological polar surface area (TPSA) is 45.2 Å². The van der Waals surface area contributed by atoms with Gasteiger partial charge in [-0.3, -0.25) is 9.69 Å². The first-order valence-electron chi connectivity index (χ1n) is 6.69. The van der Waals surface area contributed by atoms with Gasteiger partial charge in [-0.25, -0.2) is 4.98 Å². The number of nitrogens with zero attached hydrogens (tertiary/aromatic N) is 2. The van der Waals surface area contributed by atoms with Crippen LogP contribution >= 0.6 is 24.0 Å². The van der Waals surface area contributed by atoms with Crippen LogP contribution in [0.25, 0.3) is 6.08 Å². The molecule has 0 bridgehead atoms. The number of hydrogen-bond acceptors (Lipinski definition) is 5. The maximum absolute atomic E-state index is 12.4. The zero-order valence-electron chi connectivity index (χ0n) is 11.6. The van der Waals surface area contributed by atoms with E-state index >= 15 is 0 Å². The summed E-state index contributed by atoms with van der Waals surface area (Å²) in [4.78, 5) is 18.8. The fraction of sp³-hybridized carbons (Fsp3) is 0.0625. The number of pyridine rings is 1. The van der Waals surface area contributed by atoms with Crippen molar-refractivity contribution in [1.82, 2.24) is 9.88 Å². The molecule has 3 rings (SSSR count). The third-order valence-electron chi connectivity index (χ3n) is 3.05. The molecule has 110 valence electrons. The average molecular weight is 327 g/mol. The molecule has 1 amide bonds. The van der Waals surface area contributed by atoms with Crippen molar-refractivity contribution in [3.8, 4) is 0 Å². The van der Waals surface area contributed by atoms with E-state index in [4.69, 9.17) is 12.2 Å². The van der Waals surface area contributed by atoms with Gasteiger partial charge in [0, 0.05) is 6.20 Å². The Morgan fingerprint density at radius 2 is 1.95 bits per heavy atom. The molecular weight excluding hydrogens is 314 g/mol. The summed E-state index contributed by atoms with van der Waals surface area (Å²) in [6, 6.07) is 15.3. The van der Waals surface area contributed by atoms with Crippen LogP contribution in [0.5, 0.6) is 0 Å². The highest BCUT2D eigenvalue weighted by atomic mass is 32.2. The van der Waals surface area contributed by atoms with Crippen molar-refractivity contribution >= 4 is 46.1 Å². The molecule has 1 aliphatic heterocycles. The van der Waals surface area contributed by atoms with E-state index in [0.717, 1.165) is 5.56 Å². The fourth-order valence-corrected chi connectivity index (χ4v) is 3.22. The van der Waals surface area contributed by atoms with E-state index in [0.29, 0.717) is 21.7 Å². The number of aromatic nitrogens is 1. The number of carbonyl (C=O) groups excluding carboxylic acids is 1. The molecule has 4 nitrogen and oxygen atoms in total. The average Bonchev–Trinajstić information content (AvgIpc) is 2.81. The van der Waals surface area contributed by atoms with Crippen LogP contribution in [0.2, 0.25) is 0 Å². The number of thiocarbonyl (C=S) groups is 1. The first-order valence-corrected chi connectivity index (χ1v) is 7.92. The summed E-state index contributed by atoms with van der Waals surface area (Å²) in [6.07, 6.45) is 3.56. The van der Waals surface area contributed by atoms with Crippen molar-refractivity contribution in [3.05, 3.63) is 65.2 Å². The molecule has 1 aliphatic rings. The minimum absolute atomic E-state index is 0.0812. The summed E-state index contributed by atoms with van der Waals surface area (Å²) in [6.45, 7) is 0.313. The maximum atomic E-state index is 12.4. The lowest BCUT2D eigenvalue weighted by atomic mass is 10.2. The van der Waals surface area contributed by atoms with Crippen molar-refractivity contribution in [2.75, 3.05) is 12.0 Å². The van der Waals surface area contributed by atoms with Gasteiger partial charge in [0.15, 0.2) is 0 Å². The molecule has 6 heteroatoms. The Labute approximate surface area is 138 Å². The van der Waals surface area contributed by atoms with E-state index in [1.165, 1.54) is 11.8 Å². The van der Waals surface area contributed by atoms with Gasteiger partial charge in [0.25, 0.3) is 5.91 Å². The lowest BCUT2D eigenvalue weighted by Crippen LogP contribution is -2.33. The standard InChI is InChI=1S/C16H13N3OS2/c20-15-13(10-12-6-2-1-3-7-12)22-16(21)19(15)11-18-14-8-4-5-9-17-14/h1-10H,11H2,(H,17,18). The molecule has 1 aromatic heterocycles. The van der Waals surface area contributed by atoms with E-state index in [1.807, 2.05) is 54.6 Å². The summed E-state index contributed by atoms with van der Waals surface area (Å²) < 4.78 is 0.551. The van der Waals surface area contributed by atoms with Crippen LogP contribution in [0.4, 0.5) is 5.82 Å². The molecule has 1 saturated heterocycles. The van der Waals surface area contributed by atoms with Gasteiger partial charge in [-0.05, 0) is 23.8 Å². The van der Waals surface area contributed by atoms with Crippen molar-refractivity contribution in [2.45, 2.75) is 0 Å². The molecule has 2 aromatic rings. The Balaban J connectivity index is 1.71. The lowest BCUT2D eigenvalue weighted by molar-refractivity contribution is -0.121. The minimum Gasteiger partial charge on any atom is -0.352 e. The van der Waals surface area contributed by atoms with Gasteiger partial charge in [-0.2, -0.15) is 0 Å².